The van der Waals surface area contributed by atoms with Crippen LogP contribution in [0.25, 0.3) is 0 Å². The van der Waals surface area contributed by atoms with Gasteiger partial charge in [-0.05, 0) is 67.0 Å². The second-order valence-corrected chi connectivity index (χ2v) is 8.64. The summed E-state index contributed by atoms with van der Waals surface area (Å²) in [7, 11) is 4.28. The third-order valence-electron chi connectivity index (χ3n) is 4.80. The zero-order valence-electron chi connectivity index (χ0n) is 17.7. The van der Waals surface area contributed by atoms with E-state index in [0.29, 0.717) is 6.04 Å². The highest BCUT2D eigenvalue weighted by Gasteiger charge is 2.33. The van der Waals surface area contributed by atoms with Crippen LogP contribution in [0.4, 0.5) is 4.79 Å². The number of rotatable bonds is 6. The number of hydrogen-bond donors (Lipinski definition) is 2. The zero-order valence-corrected chi connectivity index (χ0v) is 20.1. The molecule has 0 aromatic rings. The van der Waals surface area contributed by atoms with Gasteiger partial charge in [0.25, 0.3) is 0 Å². The first-order valence-electron chi connectivity index (χ1n) is 9.88. The summed E-state index contributed by atoms with van der Waals surface area (Å²) in [5.74, 6) is 1.74. The Bertz CT molecular complexity index is 501. The van der Waals surface area contributed by atoms with E-state index < -0.39 is 5.60 Å². The van der Waals surface area contributed by atoms with Gasteiger partial charge in [0, 0.05) is 25.7 Å². The Hall–Kier alpha value is -0.770. The van der Waals surface area contributed by atoms with E-state index in [-0.39, 0.29) is 36.1 Å². The van der Waals surface area contributed by atoms with E-state index in [9.17, 15) is 4.79 Å². The minimum absolute atomic E-state index is 0. The Morgan fingerprint density at radius 1 is 1.30 bits per heavy atom. The molecule has 0 radical (unpaired) electrons. The number of hydrogen-bond acceptors (Lipinski definition) is 4. The third-order valence-corrected chi connectivity index (χ3v) is 4.80. The first-order valence-corrected chi connectivity index (χ1v) is 9.88. The Morgan fingerprint density at radius 2 is 1.96 bits per heavy atom. The van der Waals surface area contributed by atoms with Gasteiger partial charge in [-0.1, -0.05) is 0 Å². The van der Waals surface area contributed by atoms with Crippen molar-refractivity contribution in [3.63, 3.8) is 0 Å². The Labute approximate surface area is 181 Å². The van der Waals surface area contributed by atoms with Crippen molar-refractivity contribution in [2.75, 3.05) is 40.3 Å². The molecule has 2 N–H and O–H groups in total. The molecule has 1 aliphatic heterocycles. The molecule has 7 nitrogen and oxygen atoms in total. The molecule has 2 aliphatic rings. The fourth-order valence-electron chi connectivity index (χ4n) is 3.37. The molecule has 27 heavy (non-hydrogen) atoms. The Morgan fingerprint density at radius 3 is 2.48 bits per heavy atom. The number of alkyl carbamates (subject to hydrolysis) is 1. The van der Waals surface area contributed by atoms with Gasteiger partial charge in [-0.2, -0.15) is 0 Å². The number of likely N-dealkylation sites (N-methyl/N-ethyl adjacent to an activating group) is 1. The largest absolute Gasteiger partial charge is 0.444 e. The summed E-state index contributed by atoms with van der Waals surface area (Å²) in [6.45, 7) is 11.0. The number of likely N-dealkylation sites (tertiary alicyclic amines) is 1. The van der Waals surface area contributed by atoms with Crippen molar-refractivity contribution in [3.05, 3.63) is 0 Å². The van der Waals surface area contributed by atoms with Gasteiger partial charge in [0.15, 0.2) is 5.96 Å². The topological polar surface area (TPSA) is 69.2 Å². The van der Waals surface area contributed by atoms with Crippen molar-refractivity contribution in [1.29, 1.82) is 0 Å². The molecule has 2 fully saturated rings. The fourth-order valence-corrected chi connectivity index (χ4v) is 3.37. The number of nitrogens with one attached hydrogen (secondary N) is 2. The van der Waals surface area contributed by atoms with E-state index >= 15 is 0 Å². The summed E-state index contributed by atoms with van der Waals surface area (Å²) in [4.78, 5) is 21.4. The maximum absolute atomic E-state index is 12.0. The van der Waals surface area contributed by atoms with Gasteiger partial charge in [-0.25, -0.2) is 4.79 Å². The van der Waals surface area contributed by atoms with Crippen molar-refractivity contribution < 1.29 is 9.53 Å². The molecule has 2 rings (SSSR count). The van der Waals surface area contributed by atoms with E-state index in [2.05, 4.69) is 41.5 Å². The summed E-state index contributed by atoms with van der Waals surface area (Å²) in [6.07, 6.45) is 3.21. The van der Waals surface area contributed by atoms with E-state index in [1.54, 1.807) is 0 Å². The Kier molecular flexibility index (Phi) is 9.61. The van der Waals surface area contributed by atoms with E-state index in [1.165, 1.54) is 12.8 Å². The quantitative estimate of drug-likeness (QED) is 0.337. The SMILES string of the molecule is CCNC(=NCC(C1CC1)N(C)C)N1CCC(NC(=O)OC(C)(C)C)C1.I. The van der Waals surface area contributed by atoms with Crippen LogP contribution in [-0.2, 0) is 4.74 Å². The van der Waals surface area contributed by atoms with Gasteiger partial charge < -0.3 is 25.2 Å². The molecule has 1 heterocycles. The number of carbonyl (C=O) groups excluding carboxylic acids is 1. The number of carbonyl (C=O) groups is 1. The molecule has 8 heteroatoms. The molecule has 0 aromatic heterocycles. The summed E-state index contributed by atoms with van der Waals surface area (Å²) < 4.78 is 5.36. The predicted octanol–water partition coefficient (Wildman–Crippen LogP) is 2.51. The number of nitrogens with zero attached hydrogens (tertiary/aromatic N) is 3. The fraction of sp³-hybridized carbons (Fsp3) is 0.895. The molecule has 1 amide bonds. The van der Waals surface area contributed by atoms with Crippen LogP contribution in [0.1, 0.15) is 47.0 Å². The molecular weight excluding hydrogens is 457 g/mol. The standard InChI is InChI=1S/C19H37N5O2.HI/c1-7-20-17(21-12-16(23(5)6)14-8-9-14)24-11-10-15(13-24)22-18(25)26-19(2,3)4;/h14-16H,7-13H2,1-6H3,(H,20,21)(H,22,25);1H. The molecule has 0 aromatic carbocycles. The first kappa shape index (κ1) is 24.3. The average molecular weight is 495 g/mol. The molecule has 0 spiro atoms. The lowest BCUT2D eigenvalue weighted by Crippen LogP contribution is -2.44. The normalized spacial score (nSPS) is 21.7. The van der Waals surface area contributed by atoms with Crippen LogP contribution in [0.2, 0.25) is 0 Å². The van der Waals surface area contributed by atoms with Crippen LogP contribution in [-0.4, -0.2) is 79.8 Å². The van der Waals surface area contributed by atoms with Gasteiger partial charge in [0.05, 0.1) is 12.6 Å². The van der Waals surface area contributed by atoms with Crippen LogP contribution in [0.3, 0.4) is 0 Å². The molecule has 158 valence electrons. The minimum atomic E-state index is -0.469. The molecular formula is C19H38IN5O2. The lowest BCUT2D eigenvalue weighted by Gasteiger charge is -2.26. The van der Waals surface area contributed by atoms with E-state index in [1.807, 2.05) is 20.8 Å². The van der Waals surface area contributed by atoms with Crippen LogP contribution < -0.4 is 10.6 Å². The lowest BCUT2D eigenvalue weighted by atomic mass is 10.2. The van der Waals surface area contributed by atoms with Crippen LogP contribution >= 0.6 is 24.0 Å². The number of aliphatic imine (C=N–C) groups is 1. The van der Waals surface area contributed by atoms with E-state index in [0.717, 1.165) is 44.5 Å². The van der Waals surface area contributed by atoms with Gasteiger partial charge in [-0.15, -0.1) is 24.0 Å². The highest BCUT2D eigenvalue weighted by atomic mass is 127. The van der Waals surface area contributed by atoms with Crippen LogP contribution in [0, 0.1) is 5.92 Å². The first-order chi connectivity index (χ1) is 12.2. The minimum Gasteiger partial charge on any atom is -0.444 e. The van der Waals surface area contributed by atoms with Gasteiger partial charge in [-0.3, -0.25) is 4.99 Å². The molecule has 1 aliphatic carbocycles. The van der Waals surface area contributed by atoms with Gasteiger partial charge >= 0.3 is 6.09 Å². The van der Waals surface area contributed by atoms with Gasteiger partial charge in [0.2, 0.25) is 0 Å². The molecule has 2 unspecified atom stereocenters. The number of ether oxygens (including phenoxy) is 1. The second-order valence-electron chi connectivity index (χ2n) is 8.64. The zero-order chi connectivity index (χ0) is 19.3. The van der Waals surface area contributed by atoms with Crippen LogP contribution in [0.15, 0.2) is 4.99 Å². The maximum atomic E-state index is 12.0. The van der Waals surface area contributed by atoms with Crippen molar-refractivity contribution >= 4 is 36.0 Å². The number of guanidine groups is 1. The van der Waals surface area contributed by atoms with Crippen LogP contribution in [0.5, 0.6) is 0 Å². The summed E-state index contributed by atoms with van der Waals surface area (Å²) in [5, 5.41) is 6.38. The maximum Gasteiger partial charge on any atom is 0.407 e. The predicted molar refractivity (Wildman–Crippen MR) is 121 cm³/mol. The number of amides is 1. The summed E-state index contributed by atoms with van der Waals surface area (Å²) in [5.41, 5.74) is -0.469. The monoisotopic (exact) mass is 495 g/mol. The van der Waals surface area contributed by atoms with Gasteiger partial charge in [0.1, 0.15) is 5.60 Å². The third kappa shape index (κ3) is 8.41. The summed E-state index contributed by atoms with van der Waals surface area (Å²) >= 11 is 0. The lowest BCUT2D eigenvalue weighted by molar-refractivity contribution is 0.0507. The molecule has 0 bridgehead atoms. The van der Waals surface area contributed by atoms with Crippen molar-refractivity contribution in [1.82, 2.24) is 20.4 Å². The van der Waals surface area contributed by atoms with Crippen molar-refractivity contribution in [3.8, 4) is 0 Å². The summed E-state index contributed by atoms with van der Waals surface area (Å²) in [6, 6.07) is 0.615. The smallest absolute Gasteiger partial charge is 0.407 e. The van der Waals surface area contributed by atoms with Crippen molar-refractivity contribution in [2.24, 2.45) is 10.9 Å². The second kappa shape index (κ2) is 10.7. The molecule has 1 saturated carbocycles. The highest BCUT2D eigenvalue weighted by molar-refractivity contribution is 14.0. The highest BCUT2D eigenvalue weighted by Crippen LogP contribution is 2.34. The molecule has 2 atom stereocenters. The average Bonchev–Trinajstić information content (AvgIpc) is 3.23. The number of halogens is 1. The van der Waals surface area contributed by atoms with Crippen molar-refractivity contribution in [2.45, 2.75) is 64.6 Å². The molecule has 1 saturated heterocycles. The Balaban J connectivity index is 0.00000364. The van der Waals surface area contributed by atoms with E-state index in [4.69, 9.17) is 9.73 Å².